The fourth-order valence-corrected chi connectivity index (χ4v) is 1.80. The van der Waals surface area contributed by atoms with Gasteiger partial charge in [-0.3, -0.25) is 0 Å². The summed E-state index contributed by atoms with van der Waals surface area (Å²) in [7, 11) is 0. The summed E-state index contributed by atoms with van der Waals surface area (Å²) in [4.78, 5) is 0. The lowest BCUT2D eigenvalue weighted by atomic mass is 9.85. The first-order valence-corrected chi connectivity index (χ1v) is 4.75. The molecule has 0 amide bonds. The molecule has 0 nitrogen and oxygen atoms in total. The van der Waals surface area contributed by atoms with Gasteiger partial charge in [0.2, 0.25) is 0 Å². The molecule has 0 spiro atoms. The van der Waals surface area contributed by atoms with Crippen molar-refractivity contribution in [3.63, 3.8) is 0 Å². The maximum absolute atomic E-state index is 4.52. The first-order valence-electron chi connectivity index (χ1n) is 4.23. The molecule has 0 heterocycles. The van der Waals surface area contributed by atoms with Crippen LogP contribution in [0.4, 0.5) is 0 Å². The normalized spacial score (nSPS) is 38.3. The zero-order valence-electron chi connectivity index (χ0n) is 7.20. The summed E-state index contributed by atoms with van der Waals surface area (Å²) in [6, 6.07) is 0. The van der Waals surface area contributed by atoms with Gasteiger partial charge in [0, 0.05) is 5.25 Å². The highest BCUT2D eigenvalue weighted by atomic mass is 32.1. The Labute approximate surface area is 74.8 Å². The topological polar surface area (TPSA) is 0 Å². The van der Waals surface area contributed by atoms with Gasteiger partial charge in [0.25, 0.3) is 0 Å². The second kappa shape index (κ2) is 4.01. The predicted octanol–water partition coefficient (Wildman–Crippen LogP) is 3.07. The molecule has 1 rings (SSSR count). The molecule has 11 heavy (non-hydrogen) atoms. The maximum Gasteiger partial charge on any atom is 0.00855 e. The van der Waals surface area contributed by atoms with Crippen molar-refractivity contribution in [2.75, 3.05) is 0 Å². The largest absolute Gasteiger partial charge is 0.175 e. The van der Waals surface area contributed by atoms with Crippen LogP contribution in [-0.4, -0.2) is 5.25 Å². The lowest BCUT2D eigenvalue weighted by molar-refractivity contribution is 0.461. The third kappa shape index (κ3) is 2.13. The van der Waals surface area contributed by atoms with Crippen LogP contribution in [-0.2, 0) is 0 Å². The van der Waals surface area contributed by atoms with Gasteiger partial charge in [0.05, 0.1) is 0 Å². The molecule has 0 aromatic rings. The fourth-order valence-electron chi connectivity index (χ4n) is 1.48. The van der Waals surface area contributed by atoms with Crippen molar-refractivity contribution >= 4 is 12.6 Å². The Balaban J connectivity index is 2.64. The van der Waals surface area contributed by atoms with Crippen molar-refractivity contribution in [2.24, 2.45) is 11.8 Å². The summed E-state index contributed by atoms with van der Waals surface area (Å²) >= 11 is 4.52. The first kappa shape index (κ1) is 8.92. The van der Waals surface area contributed by atoms with Crippen molar-refractivity contribution in [3.05, 3.63) is 24.3 Å². The summed E-state index contributed by atoms with van der Waals surface area (Å²) in [5.74, 6) is 1.29. The number of rotatable bonds is 1. The van der Waals surface area contributed by atoms with E-state index in [1.54, 1.807) is 0 Å². The van der Waals surface area contributed by atoms with Crippen LogP contribution < -0.4 is 0 Å². The van der Waals surface area contributed by atoms with E-state index in [0.29, 0.717) is 17.1 Å². The van der Waals surface area contributed by atoms with E-state index in [0.717, 1.165) is 6.42 Å². The minimum absolute atomic E-state index is 0.543. The fraction of sp³-hybridized carbons (Fsp3) is 0.600. The Morgan fingerprint density at radius 1 is 1.55 bits per heavy atom. The molecule has 0 aliphatic heterocycles. The van der Waals surface area contributed by atoms with Gasteiger partial charge >= 0.3 is 0 Å². The molecule has 3 atom stereocenters. The molecule has 0 aromatic carbocycles. The summed E-state index contributed by atoms with van der Waals surface area (Å²) < 4.78 is 0. The molecule has 1 heteroatoms. The Hall–Kier alpha value is -0.170. The quantitative estimate of drug-likeness (QED) is 0.451. The van der Waals surface area contributed by atoms with E-state index < -0.39 is 0 Å². The molecule has 0 saturated carbocycles. The highest BCUT2D eigenvalue weighted by Crippen LogP contribution is 2.29. The van der Waals surface area contributed by atoms with Crippen molar-refractivity contribution in [2.45, 2.75) is 25.5 Å². The second-order valence-electron chi connectivity index (χ2n) is 3.19. The minimum Gasteiger partial charge on any atom is -0.175 e. The van der Waals surface area contributed by atoms with Crippen molar-refractivity contribution in [3.8, 4) is 0 Å². The van der Waals surface area contributed by atoms with Crippen LogP contribution in [0.15, 0.2) is 24.3 Å². The number of thiol groups is 1. The van der Waals surface area contributed by atoms with E-state index in [1.165, 1.54) is 0 Å². The molecule has 1 aliphatic carbocycles. The van der Waals surface area contributed by atoms with Gasteiger partial charge in [-0.25, -0.2) is 0 Å². The predicted molar refractivity (Wildman–Crippen MR) is 54.0 cm³/mol. The van der Waals surface area contributed by atoms with Gasteiger partial charge < -0.3 is 0 Å². The van der Waals surface area contributed by atoms with Crippen molar-refractivity contribution in [1.82, 2.24) is 0 Å². The molecular formula is C10H16S. The van der Waals surface area contributed by atoms with Crippen molar-refractivity contribution in [1.29, 1.82) is 0 Å². The van der Waals surface area contributed by atoms with Crippen LogP contribution in [0, 0.1) is 11.8 Å². The van der Waals surface area contributed by atoms with Crippen LogP contribution in [0.2, 0.25) is 0 Å². The summed E-state index contributed by atoms with van der Waals surface area (Å²) in [6.45, 7) is 4.34. The van der Waals surface area contributed by atoms with Crippen LogP contribution in [0.25, 0.3) is 0 Å². The van der Waals surface area contributed by atoms with Crippen LogP contribution in [0.1, 0.15) is 20.3 Å². The Bertz CT molecular complexity index is 170. The summed E-state index contributed by atoms with van der Waals surface area (Å²) in [5.41, 5.74) is 0. The van der Waals surface area contributed by atoms with Gasteiger partial charge in [-0.15, -0.1) is 0 Å². The highest BCUT2D eigenvalue weighted by Gasteiger charge is 2.21. The number of hydrogen-bond acceptors (Lipinski definition) is 1. The third-order valence-corrected chi connectivity index (χ3v) is 3.05. The smallest absolute Gasteiger partial charge is 0.00855 e. The van der Waals surface area contributed by atoms with Gasteiger partial charge in [-0.1, -0.05) is 31.2 Å². The van der Waals surface area contributed by atoms with Crippen LogP contribution in [0.3, 0.4) is 0 Å². The van der Waals surface area contributed by atoms with Gasteiger partial charge in [0.1, 0.15) is 0 Å². The molecule has 0 bridgehead atoms. The van der Waals surface area contributed by atoms with Gasteiger partial charge in [-0.2, -0.15) is 12.6 Å². The minimum atomic E-state index is 0.543. The lowest BCUT2D eigenvalue weighted by Gasteiger charge is -2.26. The highest BCUT2D eigenvalue weighted by molar-refractivity contribution is 7.81. The zero-order chi connectivity index (χ0) is 8.27. The zero-order valence-corrected chi connectivity index (χ0v) is 8.09. The molecule has 62 valence electrons. The summed E-state index contributed by atoms with van der Waals surface area (Å²) in [5, 5.41) is 0.543. The summed E-state index contributed by atoms with van der Waals surface area (Å²) in [6.07, 6.45) is 10.0. The SMILES string of the molecule is C/C=C\C1C=CCC(S)[C@@H]1C. The van der Waals surface area contributed by atoms with E-state index in [1.807, 2.05) is 0 Å². The van der Waals surface area contributed by atoms with E-state index in [-0.39, 0.29) is 0 Å². The van der Waals surface area contributed by atoms with E-state index in [2.05, 4.69) is 50.8 Å². The average molecular weight is 168 g/mol. The molecule has 0 saturated heterocycles. The molecule has 0 aromatic heterocycles. The first-order chi connectivity index (χ1) is 5.25. The average Bonchev–Trinajstić information content (AvgIpc) is 1.99. The Morgan fingerprint density at radius 3 is 2.91 bits per heavy atom. The molecule has 1 aliphatic rings. The number of hydrogen-bond donors (Lipinski definition) is 1. The van der Waals surface area contributed by atoms with E-state index in [4.69, 9.17) is 0 Å². The lowest BCUT2D eigenvalue weighted by Crippen LogP contribution is -2.21. The second-order valence-corrected chi connectivity index (χ2v) is 3.86. The van der Waals surface area contributed by atoms with E-state index >= 15 is 0 Å². The molecule has 0 fully saturated rings. The molecule has 2 unspecified atom stereocenters. The Morgan fingerprint density at radius 2 is 2.27 bits per heavy atom. The molecule has 0 radical (unpaired) electrons. The van der Waals surface area contributed by atoms with E-state index in [9.17, 15) is 0 Å². The number of allylic oxidation sites excluding steroid dienone is 4. The third-order valence-electron chi connectivity index (χ3n) is 2.36. The standard InChI is InChI=1S/C10H16S/c1-3-5-9-6-4-7-10(11)8(9)2/h3-6,8-11H,7H2,1-2H3/b5-3-/t8-,9?,10?/m1/s1. The van der Waals surface area contributed by atoms with Crippen molar-refractivity contribution < 1.29 is 0 Å². The molecular weight excluding hydrogens is 152 g/mol. The Kier molecular flexibility index (Phi) is 3.25. The van der Waals surface area contributed by atoms with Crippen LogP contribution in [0.5, 0.6) is 0 Å². The maximum atomic E-state index is 4.52. The van der Waals surface area contributed by atoms with Gasteiger partial charge in [0.15, 0.2) is 0 Å². The molecule has 0 N–H and O–H groups in total. The van der Waals surface area contributed by atoms with Gasteiger partial charge in [-0.05, 0) is 25.2 Å². The monoisotopic (exact) mass is 168 g/mol. The van der Waals surface area contributed by atoms with Crippen LogP contribution >= 0.6 is 12.6 Å².